The molecule has 0 amide bonds. The minimum absolute atomic E-state index is 0.105. The van der Waals surface area contributed by atoms with E-state index in [0.717, 1.165) is 31.7 Å². The molecular weight excluding hydrogens is 334 g/mol. The second-order valence-electron chi connectivity index (χ2n) is 4.93. The zero-order valence-electron chi connectivity index (χ0n) is 12.0. The molecule has 0 heterocycles. The van der Waals surface area contributed by atoms with Gasteiger partial charge in [0.2, 0.25) is 10.0 Å². The van der Waals surface area contributed by atoms with Gasteiger partial charge >= 0.3 is 0 Å². The number of unbranched alkanes of at least 4 members (excludes halogenated alkanes) is 2. The summed E-state index contributed by atoms with van der Waals surface area (Å²) in [5, 5.41) is 0. The molecule has 1 N–H and O–H groups in total. The van der Waals surface area contributed by atoms with Crippen molar-refractivity contribution in [2.24, 2.45) is 0 Å². The van der Waals surface area contributed by atoms with Gasteiger partial charge in [-0.3, -0.25) is 0 Å². The van der Waals surface area contributed by atoms with Crippen molar-refractivity contribution in [1.29, 1.82) is 0 Å². The summed E-state index contributed by atoms with van der Waals surface area (Å²) in [6.07, 6.45) is 3.79. The fourth-order valence-electron chi connectivity index (χ4n) is 1.89. The minimum Gasteiger partial charge on any atom is -0.208 e. The average molecular weight is 354 g/mol. The molecule has 0 fully saturated rings. The van der Waals surface area contributed by atoms with Crippen LogP contribution < -0.4 is 4.72 Å². The first-order valence-electron chi connectivity index (χ1n) is 6.74. The highest BCUT2D eigenvalue weighted by molar-refractivity contribution is 8.13. The molecule has 120 valence electrons. The van der Waals surface area contributed by atoms with E-state index in [1.54, 1.807) is 6.92 Å². The minimum atomic E-state index is -3.95. The van der Waals surface area contributed by atoms with Crippen molar-refractivity contribution in [3.8, 4) is 0 Å². The van der Waals surface area contributed by atoms with Gasteiger partial charge in [0.05, 0.1) is 9.79 Å². The second kappa shape index (κ2) is 7.58. The molecule has 0 spiro atoms. The Balaban J connectivity index is 2.88. The lowest BCUT2D eigenvalue weighted by atomic mass is 10.1. The number of hydrogen-bond acceptors (Lipinski definition) is 4. The summed E-state index contributed by atoms with van der Waals surface area (Å²) >= 11 is 0. The lowest BCUT2D eigenvalue weighted by Crippen LogP contribution is -2.32. The van der Waals surface area contributed by atoms with Crippen LogP contribution in [0.5, 0.6) is 0 Å². The predicted molar refractivity (Wildman–Crippen MR) is 83.4 cm³/mol. The van der Waals surface area contributed by atoms with Gasteiger partial charge < -0.3 is 0 Å². The highest BCUT2D eigenvalue weighted by atomic mass is 35.7. The molecule has 0 aromatic heterocycles. The Morgan fingerprint density at radius 3 is 2.33 bits per heavy atom. The maximum atomic E-state index is 12.2. The van der Waals surface area contributed by atoms with Crippen LogP contribution >= 0.6 is 10.7 Å². The number of halogens is 1. The zero-order chi connectivity index (χ0) is 16.1. The quantitative estimate of drug-likeness (QED) is 0.575. The SMILES string of the molecule is CCCCCC(C)NS(=O)(=O)c1cccc(S(=O)(=O)Cl)c1. The summed E-state index contributed by atoms with van der Waals surface area (Å²) in [4.78, 5) is -0.336. The molecule has 8 heteroatoms. The van der Waals surface area contributed by atoms with Crippen LogP contribution in [0.1, 0.15) is 39.5 Å². The summed E-state index contributed by atoms with van der Waals surface area (Å²) < 4.78 is 49.5. The van der Waals surface area contributed by atoms with Crippen LogP contribution in [0.2, 0.25) is 0 Å². The lowest BCUT2D eigenvalue weighted by molar-refractivity contribution is 0.527. The van der Waals surface area contributed by atoms with E-state index in [1.807, 2.05) is 0 Å². The molecule has 5 nitrogen and oxygen atoms in total. The molecule has 0 radical (unpaired) electrons. The third kappa shape index (κ3) is 5.94. The second-order valence-corrected chi connectivity index (χ2v) is 9.21. The molecule has 0 saturated carbocycles. The van der Waals surface area contributed by atoms with Gasteiger partial charge in [-0.15, -0.1) is 0 Å². The average Bonchev–Trinajstić information content (AvgIpc) is 2.37. The molecular formula is C13H20ClNO4S2. The van der Waals surface area contributed by atoms with E-state index in [-0.39, 0.29) is 15.8 Å². The van der Waals surface area contributed by atoms with Crippen LogP contribution in [0.25, 0.3) is 0 Å². The normalized spacial score (nSPS) is 14.0. The Labute approximate surface area is 131 Å². The highest BCUT2D eigenvalue weighted by Crippen LogP contribution is 2.19. The Bertz CT molecular complexity index is 671. The summed E-state index contributed by atoms with van der Waals surface area (Å²) in [7, 11) is -2.48. The van der Waals surface area contributed by atoms with E-state index >= 15 is 0 Å². The van der Waals surface area contributed by atoms with E-state index in [9.17, 15) is 16.8 Å². The van der Waals surface area contributed by atoms with Crippen LogP contribution in [-0.4, -0.2) is 22.9 Å². The van der Waals surface area contributed by atoms with Crippen LogP contribution in [0.4, 0.5) is 0 Å². The summed E-state index contributed by atoms with van der Waals surface area (Å²) in [5.41, 5.74) is 0. The standard InChI is InChI=1S/C13H20ClNO4S2/c1-3-4-5-7-11(2)15-21(18,19)13-9-6-8-12(10-13)20(14,16)17/h6,8-11,15H,3-5,7H2,1-2H3. The third-order valence-corrected chi connectivity index (χ3v) is 5.93. The highest BCUT2D eigenvalue weighted by Gasteiger charge is 2.20. The van der Waals surface area contributed by atoms with Crippen molar-refractivity contribution >= 4 is 29.8 Å². The Morgan fingerprint density at radius 2 is 1.76 bits per heavy atom. The molecule has 0 aliphatic carbocycles. The van der Waals surface area contributed by atoms with E-state index in [4.69, 9.17) is 10.7 Å². The zero-order valence-corrected chi connectivity index (χ0v) is 14.4. The first-order valence-corrected chi connectivity index (χ1v) is 10.5. The van der Waals surface area contributed by atoms with Gasteiger partial charge in [0, 0.05) is 16.7 Å². The Morgan fingerprint density at radius 1 is 1.14 bits per heavy atom. The van der Waals surface area contributed by atoms with E-state index in [0.29, 0.717) is 0 Å². The maximum absolute atomic E-state index is 12.2. The number of rotatable bonds is 8. The fourth-order valence-corrected chi connectivity index (χ4v) is 4.08. The molecule has 1 rings (SSSR count). The van der Waals surface area contributed by atoms with Crippen molar-refractivity contribution in [3.63, 3.8) is 0 Å². The van der Waals surface area contributed by atoms with Gasteiger partial charge in [-0.1, -0.05) is 32.3 Å². The molecule has 0 aliphatic rings. The number of sulfonamides is 1. The molecule has 0 bridgehead atoms. The predicted octanol–water partition coefficient (Wildman–Crippen LogP) is 2.86. The first kappa shape index (κ1) is 18.4. The molecule has 1 aromatic carbocycles. The summed E-state index contributed by atoms with van der Waals surface area (Å²) in [6, 6.07) is 4.80. The number of benzene rings is 1. The van der Waals surface area contributed by atoms with E-state index < -0.39 is 19.1 Å². The van der Waals surface area contributed by atoms with Crippen molar-refractivity contribution in [3.05, 3.63) is 24.3 Å². The Hall–Kier alpha value is -0.630. The molecule has 0 aliphatic heterocycles. The van der Waals surface area contributed by atoms with Crippen molar-refractivity contribution in [2.75, 3.05) is 0 Å². The van der Waals surface area contributed by atoms with Gasteiger partial charge in [-0.25, -0.2) is 21.6 Å². The Kier molecular flexibility index (Phi) is 6.65. The van der Waals surface area contributed by atoms with Crippen LogP contribution in [-0.2, 0) is 19.1 Å². The van der Waals surface area contributed by atoms with Crippen molar-refractivity contribution in [2.45, 2.75) is 55.4 Å². The van der Waals surface area contributed by atoms with Gasteiger partial charge in [0.25, 0.3) is 9.05 Å². The fraction of sp³-hybridized carbons (Fsp3) is 0.538. The van der Waals surface area contributed by atoms with Crippen molar-refractivity contribution < 1.29 is 16.8 Å². The van der Waals surface area contributed by atoms with Gasteiger partial charge in [0.1, 0.15) is 0 Å². The van der Waals surface area contributed by atoms with Gasteiger partial charge in [-0.05, 0) is 31.5 Å². The van der Waals surface area contributed by atoms with Crippen LogP contribution in [0, 0.1) is 0 Å². The van der Waals surface area contributed by atoms with E-state index in [1.165, 1.54) is 18.2 Å². The van der Waals surface area contributed by atoms with Gasteiger partial charge in [-0.2, -0.15) is 0 Å². The maximum Gasteiger partial charge on any atom is 0.261 e. The molecule has 1 aromatic rings. The first-order chi connectivity index (χ1) is 9.66. The summed E-state index contributed by atoms with van der Waals surface area (Å²) in [5.74, 6) is 0. The van der Waals surface area contributed by atoms with E-state index in [2.05, 4.69) is 11.6 Å². The molecule has 1 unspecified atom stereocenters. The third-order valence-electron chi connectivity index (χ3n) is 2.99. The molecule has 0 saturated heterocycles. The number of hydrogen-bond donors (Lipinski definition) is 1. The van der Waals surface area contributed by atoms with Crippen molar-refractivity contribution in [1.82, 2.24) is 4.72 Å². The monoisotopic (exact) mass is 353 g/mol. The summed E-state index contributed by atoms with van der Waals surface area (Å²) in [6.45, 7) is 3.86. The van der Waals surface area contributed by atoms with Gasteiger partial charge in [0.15, 0.2) is 0 Å². The van der Waals surface area contributed by atoms with Crippen LogP contribution in [0.15, 0.2) is 34.1 Å². The molecule has 1 atom stereocenters. The van der Waals surface area contributed by atoms with Crippen LogP contribution in [0.3, 0.4) is 0 Å². The number of nitrogens with one attached hydrogen (secondary N) is 1. The lowest BCUT2D eigenvalue weighted by Gasteiger charge is -2.14. The smallest absolute Gasteiger partial charge is 0.208 e. The largest absolute Gasteiger partial charge is 0.261 e. The topological polar surface area (TPSA) is 80.3 Å². The molecule has 21 heavy (non-hydrogen) atoms.